The average Bonchev–Trinajstić information content (AvgIpc) is 3.30. The first kappa shape index (κ1) is 20.0. The minimum absolute atomic E-state index is 0.204. The van der Waals surface area contributed by atoms with Crippen molar-refractivity contribution in [2.75, 3.05) is 33.2 Å². The summed E-state index contributed by atoms with van der Waals surface area (Å²) in [6.45, 7) is 9.65. The van der Waals surface area contributed by atoms with Gasteiger partial charge in [-0.2, -0.15) is 0 Å². The van der Waals surface area contributed by atoms with Crippen LogP contribution in [0, 0.1) is 25.2 Å². The number of carbonyl (C=O) groups is 1. The Bertz CT molecular complexity index is 866. The summed E-state index contributed by atoms with van der Waals surface area (Å²) in [6.07, 6.45) is 7.38. The van der Waals surface area contributed by atoms with Crippen LogP contribution in [0.25, 0.3) is 11.3 Å². The van der Waals surface area contributed by atoms with Gasteiger partial charge in [-0.3, -0.25) is 9.78 Å². The van der Waals surface area contributed by atoms with Gasteiger partial charge in [-0.05, 0) is 65.6 Å². The summed E-state index contributed by atoms with van der Waals surface area (Å²) in [7, 11) is 2.13. The van der Waals surface area contributed by atoms with E-state index in [1.807, 2.05) is 20.0 Å². The summed E-state index contributed by atoms with van der Waals surface area (Å²) in [4.78, 5) is 26.8. The van der Waals surface area contributed by atoms with E-state index in [2.05, 4.69) is 33.9 Å². The minimum atomic E-state index is -0.204. The van der Waals surface area contributed by atoms with Gasteiger partial charge < -0.3 is 14.3 Å². The molecule has 0 aromatic carbocycles. The molecule has 0 N–H and O–H groups in total. The van der Waals surface area contributed by atoms with Crippen LogP contribution in [0.4, 0.5) is 0 Å². The SMILES string of the molecule is Cc1noc(C)c1-c1cncc(CC2CCN(C(=O)C3(C)CCN(C)CC3)C2)n1. The Hall–Kier alpha value is -2.28. The normalized spacial score (nSPS) is 22.2. The molecule has 2 aliphatic rings. The summed E-state index contributed by atoms with van der Waals surface area (Å²) >= 11 is 0. The monoisotopic (exact) mass is 397 g/mol. The predicted octanol–water partition coefficient (Wildman–Crippen LogP) is 2.87. The molecule has 2 aromatic rings. The molecule has 7 heteroatoms. The molecule has 2 fully saturated rings. The summed E-state index contributed by atoms with van der Waals surface area (Å²) in [5.74, 6) is 1.53. The van der Waals surface area contributed by atoms with E-state index in [0.29, 0.717) is 11.8 Å². The Kier molecular flexibility index (Phi) is 5.42. The predicted molar refractivity (Wildman–Crippen MR) is 110 cm³/mol. The van der Waals surface area contributed by atoms with Gasteiger partial charge in [0.2, 0.25) is 5.91 Å². The molecule has 7 nitrogen and oxygen atoms in total. The summed E-state index contributed by atoms with van der Waals surface area (Å²) in [5, 5.41) is 4.02. The molecular weight excluding hydrogens is 366 g/mol. The highest BCUT2D eigenvalue weighted by atomic mass is 16.5. The number of piperidine rings is 1. The highest BCUT2D eigenvalue weighted by Crippen LogP contribution is 2.35. The third-order valence-corrected chi connectivity index (χ3v) is 6.65. The van der Waals surface area contributed by atoms with Crippen LogP contribution < -0.4 is 0 Å². The molecule has 156 valence electrons. The maximum Gasteiger partial charge on any atom is 0.228 e. The maximum atomic E-state index is 13.2. The molecule has 4 rings (SSSR count). The number of aryl methyl sites for hydroxylation is 2. The molecule has 0 saturated carbocycles. The number of carbonyl (C=O) groups excluding carboxylic acids is 1. The number of hydrogen-bond donors (Lipinski definition) is 0. The van der Waals surface area contributed by atoms with Crippen LogP contribution in [-0.4, -0.2) is 64.1 Å². The van der Waals surface area contributed by atoms with Crippen molar-refractivity contribution < 1.29 is 9.32 Å². The van der Waals surface area contributed by atoms with E-state index in [1.165, 1.54) is 0 Å². The highest BCUT2D eigenvalue weighted by Gasteiger charge is 2.40. The Labute approximate surface area is 172 Å². The van der Waals surface area contributed by atoms with Gasteiger partial charge in [0.15, 0.2) is 0 Å². The second kappa shape index (κ2) is 7.86. The van der Waals surface area contributed by atoms with Crippen LogP contribution in [0.2, 0.25) is 0 Å². The molecule has 1 atom stereocenters. The van der Waals surface area contributed by atoms with Crippen LogP contribution in [0.1, 0.15) is 43.3 Å². The number of amides is 1. The zero-order valence-corrected chi connectivity index (χ0v) is 17.9. The molecular formula is C22H31N5O2. The van der Waals surface area contributed by atoms with Crippen molar-refractivity contribution in [2.45, 2.75) is 46.5 Å². The van der Waals surface area contributed by atoms with Crippen molar-refractivity contribution in [1.29, 1.82) is 0 Å². The van der Waals surface area contributed by atoms with Gasteiger partial charge in [-0.1, -0.05) is 12.1 Å². The zero-order valence-electron chi connectivity index (χ0n) is 17.9. The summed E-state index contributed by atoms with van der Waals surface area (Å²) < 4.78 is 5.27. The van der Waals surface area contributed by atoms with Crippen molar-refractivity contribution in [3.05, 3.63) is 29.5 Å². The first-order valence-corrected chi connectivity index (χ1v) is 10.6. The van der Waals surface area contributed by atoms with E-state index >= 15 is 0 Å². The number of likely N-dealkylation sites (tertiary alicyclic amines) is 2. The van der Waals surface area contributed by atoms with Gasteiger partial charge in [0.05, 0.1) is 28.8 Å². The van der Waals surface area contributed by atoms with Crippen molar-refractivity contribution >= 4 is 5.91 Å². The number of nitrogens with zero attached hydrogens (tertiary/aromatic N) is 5. The van der Waals surface area contributed by atoms with Crippen LogP contribution in [0.3, 0.4) is 0 Å². The fourth-order valence-electron chi connectivity index (χ4n) is 4.66. The second-order valence-corrected chi connectivity index (χ2v) is 9.07. The minimum Gasteiger partial charge on any atom is -0.361 e. The number of hydrogen-bond acceptors (Lipinski definition) is 6. The highest BCUT2D eigenvalue weighted by molar-refractivity contribution is 5.82. The van der Waals surface area contributed by atoms with Crippen molar-refractivity contribution in [1.82, 2.24) is 24.9 Å². The van der Waals surface area contributed by atoms with Gasteiger partial charge in [0, 0.05) is 24.7 Å². The lowest BCUT2D eigenvalue weighted by molar-refractivity contribution is -0.142. The zero-order chi connectivity index (χ0) is 20.6. The standard InChI is InChI=1S/C22H31N5O2/c1-15-20(16(2)29-25-15)19-13-23-12-18(24-19)11-17-5-8-27(14-17)21(28)22(3)6-9-26(4)10-7-22/h12-13,17H,5-11,14H2,1-4H3. The number of aromatic nitrogens is 3. The molecule has 1 amide bonds. The van der Waals surface area contributed by atoms with E-state index in [4.69, 9.17) is 9.51 Å². The van der Waals surface area contributed by atoms with E-state index in [9.17, 15) is 4.79 Å². The summed E-state index contributed by atoms with van der Waals surface area (Å²) in [6, 6.07) is 0. The Morgan fingerprint density at radius 2 is 2.00 bits per heavy atom. The number of rotatable bonds is 4. The molecule has 0 bridgehead atoms. The lowest BCUT2D eigenvalue weighted by Crippen LogP contribution is -2.47. The van der Waals surface area contributed by atoms with Gasteiger partial charge in [0.1, 0.15) is 5.76 Å². The van der Waals surface area contributed by atoms with E-state index in [0.717, 1.165) is 80.3 Å². The largest absolute Gasteiger partial charge is 0.361 e. The fraction of sp³-hybridized carbons (Fsp3) is 0.636. The molecule has 29 heavy (non-hydrogen) atoms. The molecule has 0 spiro atoms. The molecule has 0 aliphatic carbocycles. The Morgan fingerprint density at radius 1 is 1.24 bits per heavy atom. The first-order valence-electron chi connectivity index (χ1n) is 10.6. The van der Waals surface area contributed by atoms with E-state index in [1.54, 1.807) is 6.20 Å². The van der Waals surface area contributed by atoms with Crippen molar-refractivity contribution in [2.24, 2.45) is 11.3 Å². The van der Waals surface area contributed by atoms with Gasteiger partial charge in [0.25, 0.3) is 0 Å². The van der Waals surface area contributed by atoms with Crippen LogP contribution in [0.5, 0.6) is 0 Å². The quantitative estimate of drug-likeness (QED) is 0.790. The molecule has 2 aromatic heterocycles. The van der Waals surface area contributed by atoms with E-state index < -0.39 is 0 Å². The van der Waals surface area contributed by atoms with Crippen molar-refractivity contribution in [3.63, 3.8) is 0 Å². The summed E-state index contributed by atoms with van der Waals surface area (Å²) in [5.41, 5.74) is 3.33. The Morgan fingerprint density at radius 3 is 2.69 bits per heavy atom. The van der Waals surface area contributed by atoms with Gasteiger partial charge >= 0.3 is 0 Å². The smallest absolute Gasteiger partial charge is 0.228 e. The third kappa shape index (κ3) is 4.06. The van der Waals surface area contributed by atoms with Gasteiger partial charge in [-0.15, -0.1) is 0 Å². The topological polar surface area (TPSA) is 75.4 Å². The van der Waals surface area contributed by atoms with Crippen molar-refractivity contribution in [3.8, 4) is 11.3 Å². The third-order valence-electron chi connectivity index (χ3n) is 6.65. The second-order valence-electron chi connectivity index (χ2n) is 9.07. The van der Waals surface area contributed by atoms with Crippen LogP contribution in [0.15, 0.2) is 16.9 Å². The molecule has 2 aliphatic heterocycles. The average molecular weight is 398 g/mol. The van der Waals surface area contributed by atoms with Crippen LogP contribution >= 0.6 is 0 Å². The Balaban J connectivity index is 1.41. The molecule has 0 radical (unpaired) electrons. The van der Waals surface area contributed by atoms with Gasteiger partial charge in [-0.25, -0.2) is 4.98 Å². The fourth-order valence-corrected chi connectivity index (χ4v) is 4.66. The molecule has 4 heterocycles. The maximum absolute atomic E-state index is 13.2. The lowest BCUT2D eigenvalue weighted by atomic mass is 9.79. The van der Waals surface area contributed by atoms with E-state index in [-0.39, 0.29) is 5.41 Å². The molecule has 2 saturated heterocycles. The first-order chi connectivity index (χ1) is 13.9. The lowest BCUT2D eigenvalue weighted by Gasteiger charge is -2.39. The molecule has 1 unspecified atom stereocenters. The van der Waals surface area contributed by atoms with Crippen LogP contribution in [-0.2, 0) is 11.2 Å².